The summed E-state index contributed by atoms with van der Waals surface area (Å²) >= 11 is 0. The molecule has 2 saturated heterocycles. The predicted molar refractivity (Wildman–Crippen MR) is 129 cm³/mol. The molecule has 1 amide bonds. The number of benzene rings is 1. The van der Waals surface area contributed by atoms with Crippen LogP contribution in [0.5, 0.6) is 5.75 Å². The molecular weight excluding hydrogens is 475 g/mol. The molecule has 2 aliphatic heterocycles. The molecule has 0 spiro atoms. The fourth-order valence-corrected chi connectivity index (χ4v) is 4.79. The van der Waals surface area contributed by atoms with Gasteiger partial charge in [0, 0.05) is 53.0 Å². The molecule has 2 aliphatic rings. The SMILES string of the molecule is CN(C)c1cnn(C(=O)N2CC3CN(Cc4ccc(OC(/C=C\N)=C/N)cc4C(F)(F)F)CC3C2)c1. The van der Waals surface area contributed by atoms with E-state index in [4.69, 9.17) is 16.2 Å². The first-order valence-electron chi connectivity index (χ1n) is 11.5. The fourth-order valence-electron chi connectivity index (χ4n) is 4.79. The number of allylic oxidation sites excluding steroid dienone is 1. The molecule has 0 radical (unpaired) electrons. The van der Waals surface area contributed by atoms with Crippen LogP contribution in [0.25, 0.3) is 0 Å². The Kier molecular flexibility index (Phi) is 7.16. The molecule has 0 aliphatic carbocycles. The summed E-state index contributed by atoms with van der Waals surface area (Å²) in [7, 11) is 3.75. The summed E-state index contributed by atoms with van der Waals surface area (Å²) < 4.78 is 48.3. The van der Waals surface area contributed by atoms with Gasteiger partial charge in [-0.1, -0.05) is 6.07 Å². The highest BCUT2D eigenvalue weighted by Gasteiger charge is 2.43. The second-order valence-electron chi connectivity index (χ2n) is 9.29. The summed E-state index contributed by atoms with van der Waals surface area (Å²) in [6, 6.07) is 3.71. The number of nitrogens with zero attached hydrogens (tertiary/aromatic N) is 5. The van der Waals surface area contributed by atoms with Crippen molar-refractivity contribution < 1.29 is 22.7 Å². The smallest absolute Gasteiger partial charge is 0.416 e. The number of nitrogens with two attached hydrogens (primary N) is 2. The average Bonchev–Trinajstić information content (AvgIpc) is 3.54. The Labute approximate surface area is 207 Å². The maximum absolute atomic E-state index is 13.9. The molecule has 1 aromatic carbocycles. The fraction of sp³-hybridized carbons (Fsp3) is 0.417. The Hall–Kier alpha value is -3.67. The van der Waals surface area contributed by atoms with Crippen LogP contribution in [-0.4, -0.2) is 65.9 Å². The van der Waals surface area contributed by atoms with Crippen LogP contribution in [0.1, 0.15) is 11.1 Å². The van der Waals surface area contributed by atoms with Crippen LogP contribution in [0.2, 0.25) is 0 Å². The van der Waals surface area contributed by atoms with E-state index in [1.165, 1.54) is 29.1 Å². The second-order valence-corrected chi connectivity index (χ2v) is 9.29. The van der Waals surface area contributed by atoms with Gasteiger partial charge in [0.2, 0.25) is 0 Å². The monoisotopic (exact) mass is 505 g/mol. The third-order valence-electron chi connectivity index (χ3n) is 6.55. The van der Waals surface area contributed by atoms with Crippen molar-refractivity contribution in [2.75, 3.05) is 45.2 Å². The number of fused-ring (bicyclic) bond motifs is 1. The molecule has 3 heterocycles. The molecule has 0 saturated carbocycles. The van der Waals surface area contributed by atoms with Gasteiger partial charge in [0.1, 0.15) is 11.5 Å². The van der Waals surface area contributed by atoms with Crippen LogP contribution in [-0.2, 0) is 12.7 Å². The summed E-state index contributed by atoms with van der Waals surface area (Å²) in [4.78, 5) is 18.5. The second kappa shape index (κ2) is 10.1. The molecule has 0 bridgehead atoms. The maximum atomic E-state index is 13.9. The zero-order chi connectivity index (χ0) is 26.0. The summed E-state index contributed by atoms with van der Waals surface area (Å²) in [6.45, 7) is 2.50. The van der Waals surface area contributed by atoms with Gasteiger partial charge in [0.15, 0.2) is 0 Å². The summed E-state index contributed by atoms with van der Waals surface area (Å²) in [6.07, 6.45) is 2.44. The van der Waals surface area contributed by atoms with E-state index in [9.17, 15) is 18.0 Å². The zero-order valence-corrected chi connectivity index (χ0v) is 20.2. The molecule has 12 heteroatoms. The molecule has 1 aromatic heterocycles. The molecule has 36 heavy (non-hydrogen) atoms. The van der Waals surface area contributed by atoms with E-state index in [0.29, 0.717) is 26.2 Å². The Morgan fingerprint density at radius 2 is 1.89 bits per heavy atom. The van der Waals surface area contributed by atoms with Gasteiger partial charge in [-0.25, -0.2) is 4.79 Å². The number of aromatic nitrogens is 2. The van der Waals surface area contributed by atoms with Crippen LogP contribution in [0.3, 0.4) is 0 Å². The van der Waals surface area contributed by atoms with Crippen molar-refractivity contribution in [1.29, 1.82) is 0 Å². The highest BCUT2D eigenvalue weighted by molar-refractivity contribution is 5.77. The number of alkyl halides is 3. The number of ether oxygens (including phenoxy) is 1. The number of anilines is 1. The molecule has 4 rings (SSSR count). The number of carbonyl (C=O) groups is 1. The van der Waals surface area contributed by atoms with Gasteiger partial charge in [-0.05, 0) is 41.8 Å². The lowest BCUT2D eigenvalue weighted by molar-refractivity contribution is -0.138. The van der Waals surface area contributed by atoms with E-state index < -0.39 is 11.7 Å². The minimum absolute atomic E-state index is 0.0179. The lowest BCUT2D eigenvalue weighted by atomic mass is 10.0. The third kappa shape index (κ3) is 5.43. The number of hydrogen-bond acceptors (Lipinski definition) is 7. The summed E-state index contributed by atoms with van der Waals surface area (Å²) in [5.41, 5.74) is 11.0. The number of halogens is 3. The van der Waals surface area contributed by atoms with Crippen molar-refractivity contribution in [3.05, 3.63) is 66.0 Å². The minimum Gasteiger partial charge on any atom is -0.456 e. The number of hydrogen-bond donors (Lipinski definition) is 2. The Bertz CT molecular complexity index is 1140. The molecular formula is C24H30F3N7O2. The quantitative estimate of drug-likeness (QED) is 0.459. The third-order valence-corrected chi connectivity index (χ3v) is 6.55. The lowest BCUT2D eigenvalue weighted by Crippen LogP contribution is -2.36. The van der Waals surface area contributed by atoms with Crippen molar-refractivity contribution >= 4 is 11.7 Å². The van der Waals surface area contributed by atoms with E-state index in [0.717, 1.165) is 18.0 Å². The van der Waals surface area contributed by atoms with Gasteiger partial charge in [-0.3, -0.25) is 4.90 Å². The number of amides is 1. The largest absolute Gasteiger partial charge is 0.456 e. The highest BCUT2D eigenvalue weighted by Crippen LogP contribution is 2.37. The molecule has 4 N–H and O–H groups in total. The van der Waals surface area contributed by atoms with Gasteiger partial charge in [0.25, 0.3) is 0 Å². The molecule has 9 nitrogen and oxygen atoms in total. The van der Waals surface area contributed by atoms with Crippen LogP contribution >= 0.6 is 0 Å². The molecule has 2 fully saturated rings. The van der Waals surface area contributed by atoms with Gasteiger partial charge < -0.3 is 26.0 Å². The molecule has 194 valence electrons. The van der Waals surface area contributed by atoms with Gasteiger partial charge >= 0.3 is 12.2 Å². The highest BCUT2D eigenvalue weighted by atomic mass is 19.4. The van der Waals surface area contributed by atoms with Gasteiger partial charge in [0.05, 0.1) is 23.6 Å². The number of carbonyl (C=O) groups excluding carboxylic acids is 1. The van der Waals surface area contributed by atoms with Gasteiger partial charge in [-0.2, -0.15) is 23.0 Å². The first-order chi connectivity index (χ1) is 17.1. The van der Waals surface area contributed by atoms with Crippen LogP contribution < -0.4 is 21.1 Å². The van der Waals surface area contributed by atoms with E-state index in [1.807, 2.05) is 23.9 Å². The Morgan fingerprint density at radius 3 is 2.44 bits per heavy atom. The normalized spacial score (nSPS) is 20.8. The van der Waals surface area contributed by atoms with E-state index >= 15 is 0 Å². The van der Waals surface area contributed by atoms with Crippen LogP contribution in [0.4, 0.5) is 23.7 Å². The van der Waals surface area contributed by atoms with E-state index in [2.05, 4.69) is 5.10 Å². The van der Waals surface area contributed by atoms with E-state index in [1.54, 1.807) is 17.3 Å². The molecule has 2 unspecified atom stereocenters. The van der Waals surface area contributed by atoms with Crippen molar-refractivity contribution in [2.24, 2.45) is 23.3 Å². The minimum atomic E-state index is -4.54. The average molecular weight is 506 g/mol. The maximum Gasteiger partial charge on any atom is 0.416 e. The molecule has 2 atom stereocenters. The first-order valence-corrected chi connectivity index (χ1v) is 11.5. The van der Waals surface area contributed by atoms with Crippen molar-refractivity contribution in [3.8, 4) is 5.75 Å². The van der Waals surface area contributed by atoms with Crippen LogP contribution in [0, 0.1) is 11.8 Å². The topological polar surface area (TPSA) is 106 Å². The first kappa shape index (κ1) is 25.4. The Balaban J connectivity index is 1.41. The Morgan fingerprint density at radius 1 is 1.19 bits per heavy atom. The zero-order valence-electron chi connectivity index (χ0n) is 20.2. The van der Waals surface area contributed by atoms with Crippen molar-refractivity contribution in [2.45, 2.75) is 12.7 Å². The number of likely N-dealkylation sites (tertiary alicyclic amines) is 2. The van der Waals surface area contributed by atoms with Crippen LogP contribution in [0.15, 0.2) is 54.8 Å². The molecule has 2 aromatic rings. The predicted octanol–water partition coefficient (Wildman–Crippen LogP) is 2.65. The van der Waals surface area contributed by atoms with Crippen molar-refractivity contribution in [1.82, 2.24) is 19.6 Å². The van der Waals surface area contributed by atoms with E-state index in [-0.39, 0.29) is 41.5 Å². The van der Waals surface area contributed by atoms with Crippen molar-refractivity contribution in [3.63, 3.8) is 0 Å². The van der Waals surface area contributed by atoms with Gasteiger partial charge in [-0.15, -0.1) is 0 Å². The standard InChI is InChI=1S/C24H30F3N7O2/c1-31(2)19-9-30-34(15-19)23(35)33-13-17-11-32(12-18(17)14-33)10-16-3-4-20(7-22(16)24(25,26)27)36-21(8-29)5-6-28/h3-9,15,17-18H,10-14,28-29H2,1-2H3/b6-5-,21-8+. The lowest BCUT2D eigenvalue weighted by Gasteiger charge is -2.23. The summed E-state index contributed by atoms with van der Waals surface area (Å²) in [5, 5.41) is 4.16. The number of rotatable bonds is 6. The summed E-state index contributed by atoms with van der Waals surface area (Å²) in [5.74, 6) is 0.562.